The second kappa shape index (κ2) is 11.5. The van der Waals surface area contributed by atoms with Crippen LogP contribution in [0.1, 0.15) is 5.56 Å². The molecule has 1 atom stereocenters. The molecule has 2 aliphatic heterocycles. The molecule has 2 aliphatic rings. The molecule has 2 heterocycles. The summed E-state index contributed by atoms with van der Waals surface area (Å²) >= 11 is 0. The van der Waals surface area contributed by atoms with Gasteiger partial charge in [0.15, 0.2) is 29.6 Å². The average Bonchev–Trinajstić information content (AvgIpc) is 2.90. The summed E-state index contributed by atoms with van der Waals surface area (Å²) in [6.07, 6.45) is 0. The molecule has 36 heavy (non-hydrogen) atoms. The third-order valence-electron chi connectivity index (χ3n) is 6.03. The van der Waals surface area contributed by atoms with E-state index in [1.54, 1.807) is 37.4 Å². The van der Waals surface area contributed by atoms with E-state index in [0.717, 1.165) is 13.1 Å². The SMILES string of the molecule is COc1cc2c(cc1OC)C(N)(C(=O)COc1c(OC)cccc1OC)N=C(N1CCNCC1)N2.Cl. The summed E-state index contributed by atoms with van der Waals surface area (Å²) in [5.41, 5.74) is 6.11. The van der Waals surface area contributed by atoms with Crippen LogP contribution in [0.3, 0.4) is 0 Å². The molecule has 4 N–H and O–H groups in total. The number of ether oxygens (including phenoxy) is 5. The van der Waals surface area contributed by atoms with Gasteiger partial charge in [0.1, 0.15) is 0 Å². The second-order valence-electron chi connectivity index (χ2n) is 8.02. The van der Waals surface area contributed by atoms with Crippen LogP contribution in [0, 0.1) is 0 Å². The number of benzene rings is 2. The second-order valence-corrected chi connectivity index (χ2v) is 8.02. The van der Waals surface area contributed by atoms with Crippen LogP contribution in [0.5, 0.6) is 28.7 Å². The third-order valence-corrected chi connectivity index (χ3v) is 6.03. The summed E-state index contributed by atoms with van der Waals surface area (Å²) in [7, 11) is 6.10. The van der Waals surface area contributed by atoms with E-state index in [1.165, 1.54) is 21.3 Å². The van der Waals surface area contributed by atoms with Gasteiger partial charge in [-0.05, 0) is 18.2 Å². The first-order valence-corrected chi connectivity index (χ1v) is 11.2. The Hall–Kier alpha value is -3.41. The highest BCUT2D eigenvalue weighted by Gasteiger charge is 2.43. The highest BCUT2D eigenvalue weighted by molar-refractivity contribution is 6.03. The molecule has 0 spiro atoms. The zero-order valence-electron chi connectivity index (χ0n) is 20.8. The van der Waals surface area contributed by atoms with Crippen LogP contribution >= 0.6 is 12.4 Å². The van der Waals surface area contributed by atoms with Crippen LogP contribution in [-0.2, 0) is 10.5 Å². The summed E-state index contributed by atoms with van der Waals surface area (Å²) in [5, 5.41) is 6.62. The number of guanidine groups is 1. The number of halogens is 1. The van der Waals surface area contributed by atoms with Gasteiger partial charge in [-0.2, -0.15) is 0 Å². The number of methoxy groups -OCH3 is 4. The molecule has 196 valence electrons. The molecule has 0 aromatic heterocycles. The van der Waals surface area contributed by atoms with Gasteiger partial charge >= 0.3 is 0 Å². The van der Waals surface area contributed by atoms with Crippen molar-refractivity contribution in [2.24, 2.45) is 10.7 Å². The molecule has 0 amide bonds. The van der Waals surface area contributed by atoms with Gasteiger partial charge in [-0.1, -0.05) is 6.07 Å². The molecular formula is C24H32ClN5O6. The number of para-hydroxylation sites is 1. The largest absolute Gasteiger partial charge is 0.493 e. The molecule has 1 unspecified atom stereocenters. The van der Waals surface area contributed by atoms with Crippen LogP contribution in [0.4, 0.5) is 5.69 Å². The van der Waals surface area contributed by atoms with Crippen molar-refractivity contribution in [2.45, 2.75) is 5.66 Å². The Bertz CT molecular complexity index is 1100. The van der Waals surface area contributed by atoms with Crippen molar-refractivity contribution in [1.82, 2.24) is 10.2 Å². The minimum absolute atomic E-state index is 0. The van der Waals surface area contributed by atoms with E-state index in [0.29, 0.717) is 59.0 Å². The quantitative estimate of drug-likeness (QED) is 0.471. The Morgan fingerprint density at radius 3 is 2.17 bits per heavy atom. The summed E-state index contributed by atoms with van der Waals surface area (Å²) in [6, 6.07) is 8.63. The summed E-state index contributed by atoms with van der Waals surface area (Å²) in [6.45, 7) is 2.66. The number of nitrogens with zero attached hydrogens (tertiary/aromatic N) is 2. The summed E-state index contributed by atoms with van der Waals surface area (Å²) in [4.78, 5) is 20.4. The van der Waals surface area contributed by atoms with Gasteiger partial charge in [-0.15, -0.1) is 12.4 Å². The standard InChI is InChI=1S/C24H31N5O6.ClH/c1-31-17-6-5-7-18(32-2)22(17)35-14-21(30)24(25)15-12-19(33-3)20(34-4)13-16(15)27-23(28-24)29-10-8-26-9-11-29;/h5-7,12-13,26H,8-11,14,25H2,1-4H3,(H,27,28);1H. The van der Waals surface area contributed by atoms with Crippen molar-refractivity contribution in [1.29, 1.82) is 0 Å². The zero-order chi connectivity index (χ0) is 25.0. The van der Waals surface area contributed by atoms with Crippen molar-refractivity contribution in [2.75, 3.05) is 66.5 Å². The van der Waals surface area contributed by atoms with Crippen LogP contribution in [0.15, 0.2) is 35.3 Å². The molecule has 1 saturated heterocycles. The predicted octanol–water partition coefficient (Wildman–Crippen LogP) is 1.59. The van der Waals surface area contributed by atoms with E-state index in [9.17, 15) is 4.79 Å². The lowest BCUT2D eigenvalue weighted by Crippen LogP contribution is -2.55. The van der Waals surface area contributed by atoms with Crippen LogP contribution < -0.4 is 40.1 Å². The van der Waals surface area contributed by atoms with E-state index in [2.05, 4.69) is 15.5 Å². The summed E-state index contributed by atoms with van der Waals surface area (Å²) < 4.78 is 27.5. The van der Waals surface area contributed by atoms with E-state index in [1.807, 2.05) is 0 Å². The fraction of sp³-hybridized carbons (Fsp3) is 0.417. The molecule has 12 heteroatoms. The molecule has 2 aromatic rings. The number of anilines is 1. The van der Waals surface area contributed by atoms with E-state index < -0.39 is 11.4 Å². The monoisotopic (exact) mass is 521 g/mol. The lowest BCUT2D eigenvalue weighted by Gasteiger charge is -2.38. The molecule has 4 rings (SSSR count). The zero-order valence-corrected chi connectivity index (χ0v) is 21.6. The Labute approximate surface area is 216 Å². The molecular weight excluding hydrogens is 490 g/mol. The van der Waals surface area contributed by atoms with Gasteiger partial charge in [-0.3, -0.25) is 10.5 Å². The maximum absolute atomic E-state index is 13.7. The maximum Gasteiger partial charge on any atom is 0.216 e. The van der Waals surface area contributed by atoms with Gasteiger partial charge < -0.3 is 39.2 Å². The molecule has 2 aromatic carbocycles. The number of carbonyl (C=O) groups excluding carboxylic acids is 1. The highest BCUT2D eigenvalue weighted by Crippen LogP contribution is 2.42. The Balaban J connectivity index is 0.00000361. The van der Waals surface area contributed by atoms with Gasteiger partial charge in [0.05, 0.1) is 34.1 Å². The van der Waals surface area contributed by atoms with Crippen molar-refractivity contribution >= 4 is 29.8 Å². The number of hydrogen-bond acceptors (Lipinski definition) is 11. The molecule has 0 bridgehead atoms. The highest BCUT2D eigenvalue weighted by atomic mass is 35.5. The number of ketones is 1. The normalized spacial score (nSPS) is 18.6. The minimum atomic E-state index is -1.73. The Kier molecular flexibility index (Phi) is 8.72. The van der Waals surface area contributed by atoms with Crippen molar-refractivity contribution < 1.29 is 28.5 Å². The lowest BCUT2D eigenvalue weighted by molar-refractivity contribution is -0.126. The Morgan fingerprint density at radius 2 is 1.58 bits per heavy atom. The van der Waals surface area contributed by atoms with Crippen LogP contribution in [-0.4, -0.2) is 77.9 Å². The smallest absolute Gasteiger partial charge is 0.216 e. The predicted molar refractivity (Wildman–Crippen MR) is 138 cm³/mol. The summed E-state index contributed by atoms with van der Waals surface area (Å²) in [5.74, 6) is 2.18. The molecule has 11 nitrogen and oxygen atoms in total. The number of Topliss-reactive ketones (excluding diaryl/α,β-unsaturated/α-hetero) is 1. The number of hydrogen-bond donors (Lipinski definition) is 3. The average molecular weight is 522 g/mol. The van der Waals surface area contributed by atoms with Crippen molar-refractivity contribution in [3.05, 3.63) is 35.9 Å². The van der Waals surface area contributed by atoms with Crippen molar-refractivity contribution in [3.8, 4) is 28.7 Å². The number of fused-ring (bicyclic) bond motifs is 1. The minimum Gasteiger partial charge on any atom is -0.493 e. The number of aliphatic imine (C=N–C) groups is 1. The number of nitrogens with two attached hydrogens (primary N) is 1. The lowest BCUT2D eigenvalue weighted by atomic mass is 9.92. The van der Waals surface area contributed by atoms with Crippen LogP contribution in [0.2, 0.25) is 0 Å². The van der Waals surface area contributed by atoms with E-state index in [4.69, 9.17) is 34.4 Å². The maximum atomic E-state index is 13.7. The third kappa shape index (κ3) is 5.08. The van der Waals surface area contributed by atoms with Gasteiger partial charge in [0.25, 0.3) is 0 Å². The first kappa shape index (κ1) is 27.2. The molecule has 1 fully saturated rings. The van der Waals surface area contributed by atoms with Crippen LogP contribution in [0.25, 0.3) is 0 Å². The number of carbonyl (C=O) groups is 1. The number of rotatable bonds is 8. The fourth-order valence-electron chi connectivity index (χ4n) is 4.12. The topological polar surface area (TPSA) is 129 Å². The molecule has 0 saturated carbocycles. The van der Waals surface area contributed by atoms with Crippen molar-refractivity contribution in [3.63, 3.8) is 0 Å². The number of nitrogens with one attached hydrogen (secondary N) is 2. The number of piperazine rings is 1. The van der Waals surface area contributed by atoms with Gasteiger partial charge in [0.2, 0.25) is 23.2 Å². The first-order chi connectivity index (χ1) is 16.9. The Morgan fingerprint density at radius 1 is 1.00 bits per heavy atom. The fourth-order valence-corrected chi connectivity index (χ4v) is 4.12. The van der Waals surface area contributed by atoms with E-state index >= 15 is 0 Å². The van der Waals surface area contributed by atoms with Gasteiger partial charge in [0, 0.05) is 37.8 Å². The molecule has 0 radical (unpaired) electrons. The molecule has 0 aliphatic carbocycles. The van der Waals surface area contributed by atoms with Gasteiger partial charge in [-0.25, -0.2) is 4.99 Å². The van der Waals surface area contributed by atoms with E-state index in [-0.39, 0.29) is 19.0 Å². The first-order valence-electron chi connectivity index (χ1n) is 11.2.